The van der Waals surface area contributed by atoms with E-state index in [2.05, 4.69) is 5.32 Å². The second kappa shape index (κ2) is 5.41. The van der Waals surface area contributed by atoms with Gasteiger partial charge in [0, 0.05) is 0 Å². The van der Waals surface area contributed by atoms with Crippen molar-refractivity contribution in [1.29, 1.82) is 0 Å². The van der Waals surface area contributed by atoms with E-state index in [1.807, 2.05) is 13.8 Å². The van der Waals surface area contributed by atoms with E-state index in [0.29, 0.717) is 15.7 Å². The molecule has 1 rings (SSSR count). The zero-order chi connectivity index (χ0) is 12.3. The first-order chi connectivity index (χ1) is 7.43. The van der Waals surface area contributed by atoms with Crippen LogP contribution in [-0.4, -0.2) is 17.1 Å². The molecule has 0 saturated heterocycles. The maximum atomic E-state index is 11.0. The summed E-state index contributed by atoms with van der Waals surface area (Å²) in [5.74, 6) is -0.960. The van der Waals surface area contributed by atoms with E-state index in [-0.39, 0.29) is 5.92 Å². The van der Waals surface area contributed by atoms with Gasteiger partial charge in [-0.15, -0.1) is 0 Å². The predicted octanol–water partition coefficient (Wildman–Crippen LogP) is 3.51. The molecule has 0 bridgehead atoms. The Balaban J connectivity index is 2.94. The molecular weight excluding hydrogens is 249 g/mol. The Hall–Kier alpha value is -0.930. The van der Waals surface area contributed by atoms with Gasteiger partial charge >= 0.3 is 5.97 Å². The van der Waals surface area contributed by atoms with E-state index in [0.717, 1.165) is 0 Å². The van der Waals surface area contributed by atoms with Crippen LogP contribution in [0.3, 0.4) is 0 Å². The number of benzene rings is 1. The van der Waals surface area contributed by atoms with E-state index >= 15 is 0 Å². The molecule has 0 aliphatic carbocycles. The number of carbonyl (C=O) groups is 1. The molecule has 0 aromatic heterocycles. The third-order valence-corrected chi connectivity index (χ3v) is 3.01. The number of anilines is 1. The smallest absolute Gasteiger partial charge is 0.326 e. The lowest BCUT2D eigenvalue weighted by molar-refractivity contribution is -0.138. The number of hydrogen-bond donors (Lipinski definition) is 2. The van der Waals surface area contributed by atoms with Crippen LogP contribution in [0.2, 0.25) is 10.0 Å². The maximum Gasteiger partial charge on any atom is 0.326 e. The normalized spacial score (nSPS) is 12.6. The minimum absolute atomic E-state index is 0.0486. The van der Waals surface area contributed by atoms with Crippen molar-refractivity contribution in [2.45, 2.75) is 19.9 Å². The zero-order valence-corrected chi connectivity index (χ0v) is 10.5. The molecule has 88 valence electrons. The number of nitrogens with one attached hydrogen (secondary N) is 1. The predicted molar refractivity (Wildman–Crippen MR) is 66.3 cm³/mol. The Morgan fingerprint density at radius 3 is 2.50 bits per heavy atom. The Morgan fingerprint density at radius 1 is 1.38 bits per heavy atom. The topological polar surface area (TPSA) is 49.3 Å². The van der Waals surface area contributed by atoms with Crippen molar-refractivity contribution in [2.75, 3.05) is 5.32 Å². The summed E-state index contributed by atoms with van der Waals surface area (Å²) in [6.45, 7) is 3.65. The van der Waals surface area contributed by atoms with Crippen LogP contribution in [0.5, 0.6) is 0 Å². The fraction of sp³-hybridized carbons (Fsp3) is 0.364. The van der Waals surface area contributed by atoms with E-state index in [9.17, 15) is 4.79 Å². The maximum absolute atomic E-state index is 11.0. The number of aliphatic carboxylic acids is 1. The lowest BCUT2D eigenvalue weighted by Crippen LogP contribution is -2.34. The molecule has 5 heteroatoms. The largest absolute Gasteiger partial charge is 0.480 e. The van der Waals surface area contributed by atoms with Gasteiger partial charge in [0.15, 0.2) is 0 Å². The SMILES string of the molecule is CC(C)[C@H](Nc1cccc(Cl)c1Cl)C(=O)O. The molecule has 1 atom stereocenters. The number of rotatable bonds is 4. The molecule has 3 nitrogen and oxygen atoms in total. The summed E-state index contributed by atoms with van der Waals surface area (Å²) >= 11 is 11.8. The van der Waals surface area contributed by atoms with Crippen molar-refractivity contribution in [3.05, 3.63) is 28.2 Å². The molecule has 0 spiro atoms. The van der Waals surface area contributed by atoms with Gasteiger partial charge in [0.05, 0.1) is 15.7 Å². The van der Waals surface area contributed by atoms with Crippen molar-refractivity contribution in [1.82, 2.24) is 0 Å². The van der Waals surface area contributed by atoms with Crippen molar-refractivity contribution >= 4 is 34.9 Å². The Morgan fingerprint density at radius 2 is 2.00 bits per heavy atom. The molecule has 0 aliphatic rings. The van der Waals surface area contributed by atoms with Crippen LogP contribution < -0.4 is 5.32 Å². The van der Waals surface area contributed by atoms with E-state index < -0.39 is 12.0 Å². The standard InChI is InChI=1S/C11H13Cl2NO2/c1-6(2)10(11(15)16)14-8-5-3-4-7(12)9(8)13/h3-6,10,14H,1-2H3,(H,15,16)/t10-/m0/s1. The zero-order valence-electron chi connectivity index (χ0n) is 9.00. The monoisotopic (exact) mass is 261 g/mol. The molecule has 0 amide bonds. The van der Waals surface area contributed by atoms with Crippen LogP contribution >= 0.6 is 23.2 Å². The highest BCUT2D eigenvalue weighted by Gasteiger charge is 2.22. The minimum Gasteiger partial charge on any atom is -0.480 e. The van der Waals surface area contributed by atoms with Crippen molar-refractivity contribution in [2.24, 2.45) is 5.92 Å². The molecule has 0 aliphatic heterocycles. The summed E-state index contributed by atoms with van der Waals surface area (Å²) in [5, 5.41) is 12.6. The molecule has 16 heavy (non-hydrogen) atoms. The quantitative estimate of drug-likeness (QED) is 0.872. The third-order valence-electron chi connectivity index (χ3n) is 2.20. The van der Waals surface area contributed by atoms with Crippen LogP contribution in [0.4, 0.5) is 5.69 Å². The summed E-state index contributed by atoms with van der Waals surface area (Å²) in [6.07, 6.45) is 0. The Labute approximate surface area is 104 Å². The van der Waals surface area contributed by atoms with Gasteiger partial charge in [-0.3, -0.25) is 0 Å². The first kappa shape index (κ1) is 13.1. The molecule has 0 unspecified atom stereocenters. The van der Waals surface area contributed by atoms with Crippen LogP contribution in [0, 0.1) is 5.92 Å². The summed E-state index contributed by atoms with van der Waals surface area (Å²) in [4.78, 5) is 11.0. The highest BCUT2D eigenvalue weighted by Crippen LogP contribution is 2.30. The van der Waals surface area contributed by atoms with Gasteiger partial charge in [0.1, 0.15) is 6.04 Å². The average molecular weight is 262 g/mol. The lowest BCUT2D eigenvalue weighted by Gasteiger charge is -2.20. The molecule has 1 aromatic carbocycles. The molecule has 0 fully saturated rings. The highest BCUT2D eigenvalue weighted by atomic mass is 35.5. The van der Waals surface area contributed by atoms with Gasteiger partial charge in [0.25, 0.3) is 0 Å². The second-order valence-corrected chi connectivity index (χ2v) is 4.59. The summed E-state index contributed by atoms with van der Waals surface area (Å²) < 4.78 is 0. The van der Waals surface area contributed by atoms with E-state index in [4.69, 9.17) is 28.3 Å². The van der Waals surface area contributed by atoms with Crippen molar-refractivity contribution < 1.29 is 9.90 Å². The van der Waals surface area contributed by atoms with Crippen molar-refractivity contribution in [3.63, 3.8) is 0 Å². The fourth-order valence-electron chi connectivity index (χ4n) is 1.30. The van der Waals surface area contributed by atoms with Gasteiger partial charge in [-0.05, 0) is 18.1 Å². The number of carboxylic acids is 1. The number of hydrogen-bond acceptors (Lipinski definition) is 2. The third kappa shape index (κ3) is 3.03. The molecule has 1 aromatic rings. The first-order valence-electron chi connectivity index (χ1n) is 4.87. The van der Waals surface area contributed by atoms with Gasteiger partial charge in [-0.25, -0.2) is 4.79 Å². The molecular formula is C11H13Cl2NO2. The average Bonchev–Trinajstić information content (AvgIpc) is 2.19. The summed E-state index contributed by atoms with van der Waals surface area (Å²) in [7, 11) is 0. The Bertz CT molecular complexity index is 394. The molecule has 2 N–H and O–H groups in total. The van der Waals surface area contributed by atoms with Crippen LogP contribution in [0.15, 0.2) is 18.2 Å². The fourth-order valence-corrected chi connectivity index (χ4v) is 1.65. The van der Waals surface area contributed by atoms with Gasteiger partial charge in [-0.2, -0.15) is 0 Å². The summed E-state index contributed by atoms with van der Waals surface area (Å²) in [6, 6.07) is 4.39. The molecule has 0 radical (unpaired) electrons. The van der Waals surface area contributed by atoms with Gasteiger partial charge in [0.2, 0.25) is 0 Å². The van der Waals surface area contributed by atoms with Gasteiger partial charge < -0.3 is 10.4 Å². The Kier molecular flexibility index (Phi) is 4.44. The van der Waals surface area contributed by atoms with Crippen LogP contribution in [-0.2, 0) is 4.79 Å². The lowest BCUT2D eigenvalue weighted by atomic mass is 10.0. The van der Waals surface area contributed by atoms with Crippen molar-refractivity contribution in [3.8, 4) is 0 Å². The number of carboxylic acid groups (broad SMARTS) is 1. The second-order valence-electron chi connectivity index (χ2n) is 3.81. The van der Waals surface area contributed by atoms with E-state index in [1.165, 1.54) is 0 Å². The highest BCUT2D eigenvalue weighted by molar-refractivity contribution is 6.43. The molecule has 0 saturated carbocycles. The molecule has 0 heterocycles. The van der Waals surface area contributed by atoms with Crippen LogP contribution in [0.1, 0.15) is 13.8 Å². The number of halogens is 2. The first-order valence-corrected chi connectivity index (χ1v) is 5.62. The van der Waals surface area contributed by atoms with Crippen LogP contribution in [0.25, 0.3) is 0 Å². The summed E-state index contributed by atoms with van der Waals surface area (Å²) in [5.41, 5.74) is 0.537. The van der Waals surface area contributed by atoms with Gasteiger partial charge in [-0.1, -0.05) is 43.1 Å². The minimum atomic E-state index is -0.911. The van der Waals surface area contributed by atoms with E-state index in [1.54, 1.807) is 18.2 Å².